The SMILES string of the molecule is CC1=C2[CH]C(=C1CCC(=O)O)C=C1C=C(C=C3[CH]C(=CC4=CC(=C2)C(CCC(=O)O)=C4C)C(CCC(=O)O)=C3C)C(CCC(=O)O)=C1C. The van der Waals surface area contributed by atoms with Gasteiger partial charge in [-0.15, -0.1) is 0 Å². The zero-order valence-electron chi connectivity index (χ0n) is 27.7. The quantitative estimate of drug-likeness (QED) is 0.166. The van der Waals surface area contributed by atoms with Crippen LogP contribution >= 0.6 is 0 Å². The number of hydrogen-bond acceptors (Lipinski definition) is 4. The summed E-state index contributed by atoms with van der Waals surface area (Å²) in [4.78, 5) is 46.5. The molecule has 0 spiro atoms. The molecular weight excluding hydrogens is 608 g/mol. The minimum absolute atomic E-state index is 0.0327. The third kappa shape index (κ3) is 7.28. The van der Waals surface area contributed by atoms with Crippen molar-refractivity contribution >= 4 is 23.9 Å². The Balaban J connectivity index is 1.75. The van der Waals surface area contributed by atoms with Crippen LogP contribution in [0, 0.1) is 12.8 Å². The Morgan fingerprint density at radius 3 is 1.27 bits per heavy atom. The van der Waals surface area contributed by atoms with Crippen LogP contribution < -0.4 is 0 Å². The molecule has 248 valence electrons. The summed E-state index contributed by atoms with van der Waals surface area (Å²) in [6.07, 6.45) is 17.6. The predicted molar refractivity (Wildman–Crippen MR) is 182 cm³/mol. The van der Waals surface area contributed by atoms with Crippen molar-refractivity contribution in [3.05, 3.63) is 138 Å². The summed E-state index contributed by atoms with van der Waals surface area (Å²) in [5.74, 6) is -3.56. The molecule has 5 aliphatic rings. The second kappa shape index (κ2) is 14.0. The lowest BCUT2D eigenvalue weighted by molar-refractivity contribution is -0.137. The Morgan fingerprint density at radius 2 is 0.750 bits per heavy atom. The van der Waals surface area contributed by atoms with Crippen LogP contribution in [0.3, 0.4) is 0 Å². The van der Waals surface area contributed by atoms with Crippen molar-refractivity contribution in [1.29, 1.82) is 0 Å². The number of allylic oxidation sites excluding steroid dienone is 22. The highest BCUT2D eigenvalue weighted by Crippen LogP contribution is 2.46. The molecule has 0 heterocycles. The van der Waals surface area contributed by atoms with Crippen molar-refractivity contribution in [1.82, 2.24) is 0 Å². The molecule has 8 nitrogen and oxygen atoms in total. The number of rotatable bonds is 12. The van der Waals surface area contributed by atoms with E-state index in [4.69, 9.17) is 0 Å². The minimum atomic E-state index is -0.891. The lowest BCUT2D eigenvalue weighted by Gasteiger charge is -2.09. The maximum Gasteiger partial charge on any atom is 0.303 e. The largest absolute Gasteiger partial charge is 0.481 e. The van der Waals surface area contributed by atoms with Gasteiger partial charge in [-0.25, -0.2) is 0 Å². The smallest absolute Gasteiger partial charge is 0.303 e. The molecule has 0 aromatic rings. The molecule has 0 unspecified atom stereocenters. The highest BCUT2D eigenvalue weighted by molar-refractivity contribution is 5.76. The fourth-order valence-corrected chi connectivity index (χ4v) is 7.05. The Hall–Kier alpha value is -4.98. The van der Waals surface area contributed by atoms with Gasteiger partial charge in [0.1, 0.15) is 0 Å². The second-order valence-corrected chi connectivity index (χ2v) is 12.8. The van der Waals surface area contributed by atoms with Gasteiger partial charge in [-0.05, 0) is 155 Å². The van der Waals surface area contributed by atoms with Crippen molar-refractivity contribution < 1.29 is 39.6 Å². The van der Waals surface area contributed by atoms with Crippen LogP contribution in [0.25, 0.3) is 0 Å². The molecule has 0 aromatic carbocycles. The first-order valence-corrected chi connectivity index (χ1v) is 16.2. The standard InChI is InChI=1S/C40H40O8/c1-21-25-13-29(33(21)5-9-37(41)42)18-26-15-31(35(22(26)2)7-11-39(45)46)20-28-16-32(36(24(28)4)8-12-40(47)48)19-27-14-30(17-25)34(23(27)3)6-10-38(43)44/h13-20H,5-12H2,1-4H3,(H,41,42)(H,43,44)(H,45,46)(H,47,48). The van der Waals surface area contributed by atoms with Crippen LogP contribution in [0.2, 0.25) is 0 Å². The first-order chi connectivity index (χ1) is 22.7. The van der Waals surface area contributed by atoms with Crippen molar-refractivity contribution in [3.8, 4) is 0 Å². The van der Waals surface area contributed by atoms with Crippen LogP contribution in [0.15, 0.2) is 126 Å². The normalized spacial score (nSPS) is 19.1. The molecule has 2 radical (unpaired) electrons. The van der Waals surface area contributed by atoms with Gasteiger partial charge in [0, 0.05) is 38.5 Å². The van der Waals surface area contributed by atoms with E-state index in [1.54, 1.807) is 0 Å². The monoisotopic (exact) mass is 648 g/mol. The third-order valence-electron chi connectivity index (χ3n) is 9.78. The fraction of sp³-hybridized carbons (Fsp3) is 0.300. The van der Waals surface area contributed by atoms with Gasteiger partial charge in [0.25, 0.3) is 0 Å². The maximum atomic E-state index is 11.6. The summed E-state index contributed by atoms with van der Waals surface area (Å²) in [6.45, 7) is 7.91. The van der Waals surface area contributed by atoms with Gasteiger partial charge >= 0.3 is 23.9 Å². The molecule has 4 N–H and O–H groups in total. The van der Waals surface area contributed by atoms with Gasteiger partial charge in [-0.1, -0.05) is 24.3 Å². The van der Waals surface area contributed by atoms with Gasteiger partial charge in [0.2, 0.25) is 0 Å². The average molecular weight is 649 g/mol. The molecule has 0 amide bonds. The Bertz CT molecular complexity index is 1880. The number of aliphatic carboxylic acids is 4. The van der Waals surface area contributed by atoms with Crippen LogP contribution in [-0.4, -0.2) is 44.3 Å². The Labute approximate surface area is 280 Å². The maximum absolute atomic E-state index is 11.6. The summed E-state index contributed by atoms with van der Waals surface area (Å²) in [6, 6.07) is 0. The number of carboxylic acids is 4. The van der Waals surface area contributed by atoms with Crippen LogP contribution in [0.1, 0.15) is 79.1 Å². The van der Waals surface area contributed by atoms with Gasteiger partial charge in [-0.3, -0.25) is 19.2 Å². The molecule has 5 rings (SSSR count). The van der Waals surface area contributed by atoms with Gasteiger partial charge in [0.05, 0.1) is 0 Å². The van der Waals surface area contributed by atoms with Gasteiger partial charge < -0.3 is 20.4 Å². The van der Waals surface area contributed by atoms with Crippen molar-refractivity contribution in [2.24, 2.45) is 0 Å². The zero-order valence-corrected chi connectivity index (χ0v) is 27.7. The van der Waals surface area contributed by atoms with Crippen LogP contribution in [-0.2, 0) is 19.2 Å². The van der Waals surface area contributed by atoms with E-state index in [0.717, 1.165) is 89.2 Å². The Kier molecular flexibility index (Phi) is 10.0. The van der Waals surface area contributed by atoms with Crippen molar-refractivity contribution in [3.63, 3.8) is 0 Å². The molecule has 8 bridgehead atoms. The summed E-state index contributed by atoms with van der Waals surface area (Å²) in [7, 11) is 0. The topological polar surface area (TPSA) is 149 Å². The molecule has 8 heteroatoms. The first kappa shape index (κ1) is 34.4. The van der Waals surface area contributed by atoms with Crippen LogP contribution in [0.5, 0.6) is 0 Å². The third-order valence-corrected chi connectivity index (χ3v) is 9.78. The highest BCUT2D eigenvalue weighted by Gasteiger charge is 2.29. The van der Waals surface area contributed by atoms with Crippen molar-refractivity contribution in [2.75, 3.05) is 0 Å². The summed E-state index contributed by atoms with van der Waals surface area (Å²) in [5, 5.41) is 38.1. The van der Waals surface area contributed by atoms with E-state index >= 15 is 0 Å². The minimum Gasteiger partial charge on any atom is -0.481 e. The molecule has 0 fully saturated rings. The number of fused-ring (bicyclic) bond motifs is 6. The lowest BCUT2D eigenvalue weighted by Crippen LogP contribution is -1.98. The molecule has 0 saturated heterocycles. The highest BCUT2D eigenvalue weighted by atomic mass is 16.4. The molecular formula is C40H40O8. The van der Waals surface area contributed by atoms with E-state index in [-0.39, 0.29) is 25.7 Å². The van der Waals surface area contributed by atoms with E-state index < -0.39 is 23.9 Å². The molecule has 0 aromatic heterocycles. The van der Waals surface area contributed by atoms with E-state index in [2.05, 4.69) is 25.0 Å². The van der Waals surface area contributed by atoms with Crippen LogP contribution in [0.4, 0.5) is 0 Å². The first-order valence-electron chi connectivity index (χ1n) is 16.2. The van der Waals surface area contributed by atoms with Gasteiger partial charge in [0.15, 0.2) is 0 Å². The molecule has 0 atom stereocenters. The van der Waals surface area contributed by atoms with Gasteiger partial charge in [-0.2, -0.15) is 0 Å². The fourth-order valence-electron chi connectivity index (χ4n) is 7.05. The van der Waals surface area contributed by atoms with E-state index in [1.807, 2.05) is 52.0 Å². The molecule has 0 aliphatic heterocycles. The Morgan fingerprint density at radius 1 is 0.396 bits per heavy atom. The molecule has 0 saturated carbocycles. The zero-order chi connectivity index (χ0) is 34.9. The molecule has 5 aliphatic carbocycles. The average Bonchev–Trinajstić information content (AvgIpc) is 3.66. The van der Waals surface area contributed by atoms with E-state index in [9.17, 15) is 39.6 Å². The van der Waals surface area contributed by atoms with E-state index in [0.29, 0.717) is 25.7 Å². The number of carbonyl (C=O) groups is 4. The van der Waals surface area contributed by atoms with E-state index in [1.165, 1.54) is 0 Å². The summed E-state index contributed by atoms with van der Waals surface area (Å²) < 4.78 is 0. The summed E-state index contributed by atoms with van der Waals surface area (Å²) in [5.41, 5.74) is 14.7. The molecule has 48 heavy (non-hydrogen) atoms. The van der Waals surface area contributed by atoms with Crippen molar-refractivity contribution in [2.45, 2.75) is 79.1 Å². The number of carboxylic acid groups (broad SMARTS) is 4. The number of hydrogen-bond donors (Lipinski definition) is 4. The second-order valence-electron chi connectivity index (χ2n) is 12.8. The lowest BCUT2D eigenvalue weighted by atomic mass is 9.96. The predicted octanol–water partition coefficient (Wildman–Crippen LogP) is 8.04. The summed E-state index contributed by atoms with van der Waals surface area (Å²) >= 11 is 0.